The van der Waals surface area contributed by atoms with Crippen molar-refractivity contribution >= 4 is 23.8 Å². The quantitative estimate of drug-likeness (QED) is 0.200. The highest BCUT2D eigenvalue weighted by Gasteiger charge is 2.51. The Labute approximate surface area is 286 Å². The van der Waals surface area contributed by atoms with Gasteiger partial charge in [0, 0.05) is 31.3 Å². The molecule has 2 fully saturated rings. The molecule has 262 valence electrons. The van der Waals surface area contributed by atoms with E-state index in [1.54, 1.807) is 30.3 Å². The van der Waals surface area contributed by atoms with Gasteiger partial charge in [-0.3, -0.25) is 4.90 Å². The molecule has 0 radical (unpaired) electrons. The number of hydrogen-bond donors (Lipinski definition) is 2. The van der Waals surface area contributed by atoms with E-state index in [2.05, 4.69) is 9.97 Å². The summed E-state index contributed by atoms with van der Waals surface area (Å²) in [5.41, 5.74) is 7.60. The zero-order valence-corrected chi connectivity index (χ0v) is 27.2. The lowest BCUT2D eigenvalue weighted by atomic mass is 9.76. The Balaban J connectivity index is 1.13. The van der Waals surface area contributed by atoms with Crippen molar-refractivity contribution < 1.29 is 42.1 Å². The van der Waals surface area contributed by atoms with Crippen LogP contribution in [0.1, 0.15) is 36.5 Å². The fourth-order valence-corrected chi connectivity index (χ4v) is 6.59. The monoisotopic (exact) mass is 691 g/mol. The summed E-state index contributed by atoms with van der Waals surface area (Å²) >= 11 is 0. The van der Waals surface area contributed by atoms with Crippen molar-refractivity contribution in [2.75, 3.05) is 37.4 Å². The van der Waals surface area contributed by atoms with Crippen molar-refractivity contribution in [1.29, 1.82) is 0 Å². The molecule has 1 aromatic heterocycles. The molecule has 2 aliphatic heterocycles. The third-order valence-electron chi connectivity index (χ3n) is 9.24. The van der Waals surface area contributed by atoms with Crippen LogP contribution in [-0.4, -0.2) is 71.0 Å². The van der Waals surface area contributed by atoms with E-state index >= 15 is 0 Å². The molecule has 0 saturated carbocycles. The predicted octanol–water partition coefficient (Wildman–Crippen LogP) is 6.50. The third-order valence-corrected chi connectivity index (χ3v) is 9.24. The number of carbonyl (C=O) groups is 2. The molecule has 2 saturated heterocycles. The smallest absolute Gasteiger partial charge is 0.429 e. The molecule has 1 spiro atoms. The first-order chi connectivity index (χ1) is 23.9. The van der Waals surface area contributed by atoms with Crippen LogP contribution in [0.2, 0.25) is 0 Å². The first-order valence-corrected chi connectivity index (χ1v) is 16.0. The summed E-state index contributed by atoms with van der Waals surface area (Å²) < 4.78 is 59.2. The molecule has 3 N–H and O–H groups in total. The number of carbonyl (C=O) groups excluding carboxylic acids is 1. The van der Waals surface area contributed by atoms with Crippen molar-refractivity contribution in [1.82, 2.24) is 14.9 Å². The summed E-state index contributed by atoms with van der Waals surface area (Å²) in [5.74, 6) is -0.806. The van der Waals surface area contributed by atoms with E-state index in [0.29, 0.717) is 37.2 Å². The second kappa shape index (κ2) is 14.1. The van der Waals surface area contributed by atoms with Crippen molar-refractivity contribution in [3.63, 3.8) is 0 Å². The summed E-state index contributed by atoms with van der Waals surface area (Å²) in [6.07, 6.45) is -6.53. The van der Waals surface area contributed by atoms with Gasteiger partial charge >= 0.3 is 18.2 Å². The number of benzene rings is 3. The summed E-state index contributed by atoms with van der Waals surface area (Å²) in [7, 11) is 1.54. The molecule has 4 aromatic rings. The van der Waals surface area contributed by atoms with E-state index in [1.807, 2.05) is 41.3 Å². The Bertz CT molecular complexity index is 1820. The van der Waals surface area contributed by atoms with Crippen LogP contribution in [0, 0.1) is 5.41 Å². The molecule has 0 unspecified atom stereocenters. The van der Waals surface area contributed by atoms with Crippen LogP contribution in [0.3, 0.4) is 0 Å². The van der Waals surface area contributed by atoms with Crippen LogP contribution in [-0.2, 0) is 16.1 Å². The number of hydrogen-bond acceptors (Lipinski definition) is 9. The Morgan fingerprint density at radius 3 is 2.36 bits per heavy atom. The van der Waals surface area contributed by atoms with E-state index in [9.17, 15) is 27.9 Å². The van der Waals surface area contributed by atoms with Gasteiger partial charge in [0.2, 0.25) is 17.9 Å². The fourth-order valence-electron chi connectivity index (χ4n) is 6.59. The van der Waals surface area contributed by atoms with Gasteiger partial charge in [-0.05, 0) is 53.5 Å². The summed E-state index contributed by atoms with van der Waals surface area (Å²) in [5, 5.41) is 9.93. The average Bonchev–Trinajstić information content (AvgIpc) is 3.49. The lowest BCUT2D eigenvalue weighted by Gasteiger charge is -2.39. The number of nitrogens with zero attached hydrogens (tertiary/aromatic N) is 4. The number of amides is 1. The number of aliphatic carboxylic acids is 1. The molecular formula is C36H36F3N5O6. The summed E-state index contributed by atoms with van der Waals surface area (Å²) in [6, 6.07) is 22.4. The molecule has 3 aromatic carbocycles. The standard InChI is InChI=1S/C36H36F3N5O6/c1-48-27-9-5-8-26(18-27)24-10-12-25(13-11-24)31(36(37,38)39)50-30-19-29(41-33(40)42-30)43-16-14-35(15-17-43)20-28(32(45)46)44(22-35)34(47)49-21-23-6-3-2-4-7-23/h2-13,18-19,28,31H,14-17,20-22H2,1H3,(H,45,46)(H2,40,41,42)/t28-,31-/m0/s1. The first kappa shape index (κ1) is 34.3. The lowest BCUT2D eigenvalue weighted by Crippen LogP contribution is -2.43. The molecule has 2 aliphatic rings. The van der Waals surface area contributed by atoms with E-state index in [0.717, 1.165) is 11.1 Å². The third kappa shape index (κ3) is 7.69. The van der Waals surface area contributed by atoms with Crippen LogP contribution in [0.4, 0.5) is 29.7 Å². The molecule has 11 nitrogen and oxygen atoms in total. The highest BCUT2D eigenvalue weighted by Crippen LogP contribution is 2.45. The van der Waals surface area contributed by atoms with E-state index in [-0.39, 0.29) is 42.8 Å². The number of alkyl halides is 3. The molecular weight excluding hydrogens is 655 g/mol. The molecule has 2 atom stereocenters. The predicted molar refractivity (Wildman–Crippen MR) is 178 cm³/mol. The number of carboxylic acids is 1. The highest BCUT2D eigenvalue weighted by atomic mass is 19.4. The number of nitrogens with two attached hydrogens (primary N) is 1. The topological polar surface area (TPSA) is 140 Å². The largest absolute Gasteiger partial charge is 0.497 e. The Kier molecular flexibility index (Phi) is 9.71. The number of aromatic nitrogens is 2. The van der Waals surface area contributed by atoms with Gasteiger partial charge in [0.1, 0.15) is 24.2 Å². The van der Waals surface area contributed by atoms with Gasteiger partial charge in [-0.25, -0.2) is 9.59 Å². The van der Waals surface area contributed by atoms with Crippen LogP contribution in [0.25, 0.3) is 11.1 Å². The van der Waals surface area contributed by atoms with E-state index < -0.39 is 35.8 Å². The lowest BCUT2D eigenvalue weighted by molar-refractivity contribution is -0.198. The summed E-state index contributed by atoms with van der Waals surface area (Å²) in [4.78, 5) is 36.5. The van der Waals surface area contributed by atoms with Gasteiger partial charge in [0.05, 0.1) is 7.11 Å². The van der Waals surface area contributed by atoms with Gasteiger partial charge in [-0.15, -0.1) is 0 Å². The number of carboxylic acid groups (broad SMARTS) is 1. The van der Waals surface area contributed by atoms with Crippen molar-refractivity contribution in [2.45, 2.75) is 44.2 Å². The molecule has 50 heavy (non-hydrogen) atoms. The minimum atomic E-state index is -4.77. The number of likely N-dealkylation sites (tertiary alicyclic amines) is 1. The number of nitrogen functional groups attached to an aromatic ring is 1. The Morgan fingerprint density at radius 2 is 1.70 bits per heavy atom. The number of methoxy groups -OCH3 is 1. The SMILES string of the molecule is COc1cccc(-c2ccc([C@H](Oc3cc(N4CCC5(CC4)C[C@@H](C(=O)O)N(C(=O)OCc4ccccc4)C5)nc(N)n3)C(F)(F)F)cc2)c1. The van der Waals surface area contributed by atoms with Crippen LogP contribution in [0.15, 0.2) is 84.9 Å². The maximum absolute atomic E-state index is 14.3. The van der Waals surface area contributed by atoms with Gasteiger partial charge in [0.15, 0.2) is 0 Å². The second-order valence-electron chi connectivity index (χ2n) is 12.5. The minimum absolute atomic E-state index is 0.0205. The molecule has 0 aliphatic carbocycles. The maximum Gasteiger partial charge on any atom is 0.429 e. The molecule has 3 heterocycles. The zero-order chi connectivity index (χ0) is 35.5. The minimum Gasteiger partial charge on any atom is -0.497 e. The number of halogens is 3. The van der Waals surface area contributed by atoms with Gasteiger partial charge in [-0.2, -0.15) is 23.1 Å². The zero-order valence-electron chi connectivity index (χ0n) is 27.2. The number of piperidine rings is 1. The molecule has 14 heteroatoms. The number of rotatable bonds is 9. The van der Waals surface area contributed by atoms with Crippen LogP contribution in [0.5, 0.6) is 11.6 Å². The maximum atomic E-state index is 14.3. The van der Waals surface area contributed by atoms with E-state index in [1.165, 1.54) is 30.2 Å². The van der Waals surface area contributed by atoms with Crippen LogP contribution >= 0.6 is 0 Å². The van der Waals surface area contributed by atoms with Gasteiger partial charge in [0.25, 0.3) is 0 Å². The van der Waals surface area contributed by atoms with Gasteiger partial charge < -0.3 is 30.0 Å². The molecule has 1 amide bonds. The van der Waals surface area contributed by atoms with Crippen LogP contribution < -0.4 is 20.1 Å². The second-order valence-corrected chi connectivity index (χ2v) is 12.5. The van der Waals surface area contributed by atoms with Crippen molar-refractivity contribution in [3.05, 3.63) is 96.1 Å². The van der Waals surface area contributed by atoms with Gasteiger partial charge in [-0.1, -0.05) is 66.7 Å². The fraction of sp³-hybridized carbons (Fsp3) is 0.333. The van der Waals surface area contributed by atoms with Crippen molar-refractivity contribution in [3.8, 4) is 22.8 Å². The van der Waals surface area contributed by atoms with Crippen molar-refractivity contribution in [2.24, 2.45) is 5.41 Å². The number of anilines is 2. The Morgan fingerprint density at radius 1 is 0.980 bits per heavy atom. The normalized spacial score (nSPS) is 17.7. The molecule has 0 bridgehead atoms. The average molecular weight is 692 g/mol. The molecule has 6 rings (SSSR count). The number of ether oxygens (including phenoxy) is 3. The van der Waals surface area contributed by atoms with E-state index in [4.69, 9.17) is 19.9 Å². The first-order valence-electron chi connectivity index (χ1n) is 16.0. The summed E-state index contributed by atoms with van der Waals surface area (Å²) in [6.45, 7) is 1.01. The highest BCUT2D eigenvalue weighted by molar-refractivity contribution is 5.81. The Hall–Kier alpha value is -5.53.